The number of methoxy groups -OCH3 is 1. The van der Waals surface area contributed by atoms with Crippen LogP contribution in [-0.4, -0.2) is 61.4 Å². The molecule has 0 aliphatic carbocycles. The Hall–Kier alpha value is -2.26. The Labute approximate surface area is 139 Å². The van der Waals surface area contributed by atoms with Gasteiger partial charge >= 0.3 is 11.7 Å². The summed E-state index contributed by atoms with van der Waals surface area (Å²) in [4.78, 5) is 28.9. The number of hydrogen-bond donors (Lipinski definition) is 1. The van der Waals surface area contributed by atoms with Gasteiger partial charge in [0.15, 0.2) is 0 Å². The minimum Gasteiger partial charge on any atom is -0.465 e. The van der Waals surface area contributed by atoms with Crippen molar-refractivity contribution >= 4 is 17.5 Å². The number of nitro groups is 1. The fourth-order valence-electron chi connectivity index (χ4n) is 3.07. The molecule has 2 fully saturated rings. The number of nitrogens with one attached hydrogen (secondary N) is 1. The molecule has 3 rings (SSSR count). The summed E-state index contributed by atoms with van der Waals surface area (Å²) in [7, 11) is 1.20. The topological polar surface area (TPSA) is 107 Å². The summed E-state index contributed by atoms with van der Waals surface area (Å²) in [6.45, 7) is 4.38. The van der Waals surface area contributed by atoms with Crippen LogP contribution in [0.2, 0.25) is 0 Å². The lowest BCUT2D eigenvalue weighted by molar-refractivity contribution is -0.384. The average Bonchev–Trinajstić information content (AvgIpc) is 3.01. The molecular weight excluding hydrogens is 316 g/mol. The Morgan fingerprint density at radius 1 is 1.50 bits per heavy atom. The summed E-state index contributed by atoms with van der Waals surface area (Å²) in [6.07, 6.45) is 0.978. The summed E-state index contributed by atoms with van der Waals surface area (Å²) >= 11 is 0. The predicted molar refractivity (Wildman–Crippen MR) is 85.3 cm³/mol. The molecular formula is C15H20N4O5. The zero-order chi connectivity index (χ0) is 17.3. The van der Waals surface area contributed by atoms with Crippen LogP contribution in [0.15, 0.2) is 6.07 Å². The fraction of sp³-hybridized carbons (Fsp3) is 0.600. The molecule has 9 nitrogen and oxygen atoms in total. The number of aromatic nitrogens is 1. The van der Waals surface area contributed by atoms with E-state index in [1.165, 1.54) is 13.2 Å². The van der Waals surface area contributed by atoms with Gasteiger partial charge in [0, 0.05) is 37.5 Å². The first-order chi connectivity index (χ1) is 11.5. The first kappa shape index (κ1) is 16.6. The monoisotopic (exact) mass is 336 g/mol. The Bertz CT molecular complexity index is 654. The number of ether oxygens (including phenoxy) is 2. The molecule has 3 heterocycles. The normalized spacial score (nSPS) is 20.8. The lowest BCUT2D eigenvalue weighted by atomic mass is 10.1. The Balaban J connectivity index is 1.79. The maximum absolute atomic E-state index is 11.9. The number of pyridine rings is 1. The van der Waals surface area contributed by atoms with Crippen molar-refractivity contribution in [1.29, 1.82) is 0 Å². The number of rotatable bonds is 5. The molecule has 24 heavy (non-hydrogen) atoms. The van der Waals surface area contributed by atoms with Crippen molar-refractivity contribution in [3.05, 3.63) is 27.4 Å². The van der Waals surface area contributed by atoms with Gasteiger partial charge in [-0.25, -0.2) is 9.78 Å². The Morgan fingerprint density at radius 3 is 2.83 bits per heavy atom. The summed E-state index contributed by atoms with van der Waals surface area (Å²) in [5.74, 6) is -0.507. The molecule has 2 aliphatic heterocycles. The van der Waals surface area contributed by atoms with E-state index >= 15 is 0 Å². The SMILES string of the molecule is COC(=O)c1cc(C)nc(N2CC(NC3CCOC3)C2)c1[N+](=O)[O-]. The lowest BCUT2D eigenvalue weighted by Gasteiger charge is -2.41. The van der Waals surface area contributed by atoms with Crippen LogP contribution >= 0.6 is 0 Å². The first-order valence-electron chi connectivity index (χ1n) is 7.82. The second-order valence-corrected chi connectivity index (χ2v) is 6.06. The fourth-order valence-corrected chi connectivity index (χ4v) is 3.07. The molecule has 9 heteroatoms. The predicted octanol–water partition coefficient (Wildman–Crippen LogP) is 0.652. The van der Waals surface area contributed by atoms with Gasteiger partial charge in [-0.3, -0.25) is 10.1 Å². The van der Waals surface area contributed by atoms with Crippen molar-refractivity contribution in [2.75, 3.05) is 38.3 Å². The molecule has 1 unspecified atom stereocenters. The van der Waals surface area contributed by atoms with Crippen LogP contribution in [0.5, 0.6) is 0 Å². The van der Waals surface area contributed by atoms with Crippen LogP contribution in [0.3, 0.4) is 0 Å². The molecule has 1 aromatic rings. The molecule has 0 saturated carbocycles. The third-order valence-electron chi connectivity index (χ3n) is 4.27. The van der Waals surface area contributed by atoms with Crippen molar-refractivity contribution < 1.29 is 19.2 Å². The van der Waals surface area contributed by atoms with Gasteiger partial charge in [0.05, 0.1) is 18.6 Å². The molecule has 1 N–H and O–H groups in total. The average molecular weight is 336 g/mol. The van der Waals surface area contributed by atoms with E-state index in [0.29, 0.717) is 31.4 Å². The molecule has 0 bridgehead atoms. The van der Waals surface area contributed by atoms with Crippen molar-refractivity contribution in [3.8, 4) is 0 Å². The molecule has 1 aromatic heterocycles. The number of carbonyl (C=O) groups is 1. The Morgan fingerprint density at radius 2 is 2.25 bits per heavy atom. The van der Waals surface area contributed by atoms with Gasteiger partial charge in [-0.05, 0) is 19.4 Å². The molecule has 2 saturated heterocycles. The second-order valence-electron chi connectivity index (χ2n) is 6.06. The molecule has 0 radical (unpaired) electrons. The third kappa shape index (κ3) is 3.17. The molecule has 2 aliphatic rings. The maximum Gasteiger partial charge on any atom is 0.345 e. The van der Waals surface area contributed by atoms with Gasteiger partial charge in [0.2, 0.25) is 5.82 Å². The highest BCUT2D eigenvalue weighted by molar-refractivity contribution is 5.96. The van der Waals surface area contributed by atoms with E-state index in [0.717, 1.165) is 13.0 Å². The number of nitrogens with zero attached hydrogens (tertiary/aromatic N) is 3. The van der Waals surface area contributed by atoms with Crippen LogP contribution in [0, 0.1) is 17.0 Å². The number of aryl methyl sites for hydroxylation is 1. The number of anilines is 1. The number of hydrogen-bond acceptors (Lipinski definition) is 8. The Kier molecular flexibility index (Phi) is 4.63. The van der Waals surface area contributed by atoms with E-state index in [1.54, 1.807) is 6.92 Å². The third-order valence-corrected chi connectivity index (χ3v) is 4.27. The molecule has 1 atom stereocenters. The van der Waals surface area contributed by atoms with E-state index < -0.39 is 10.9 Å². The first-order valence-corrected chi connectivity index (χ1v) is 7.82. The zero-order valence-corrected chi connectivity index (χ0v) is 13.7. The van der Waals surface area contributed by atoms with E-state index in [2.05, 4.69) is 15.0 Å². The minimum absolute atomic E-state index is 0.0643. The van der Waals surface area contributed by atoms with Gasteiger partial charge in [-0.15, -0.1) is 0 Å². The van der Waals surface area contributed by atoms with E-state index in [1.807, 2.05) is 4.90 Å². The molecule has 130 valence electrons. The van der Waals surface area contributed by atoms with Crippen LogP contribution in [0.4, 0.5) is 11.5 Å². The van der Waals surface area contributed by atoms with Crippen molar-refractivity contribution in [3.63, 3.8) is 0 Å². The van der Waals surface area contributed by atoms with Gasteiger partial charge in [-0.2, -0.15) is 0 Å². The number of carbonyl (C=O) groups excluding carboxylic acids is 1. The summed E-state index contributed by atoms with van der Waals surface area (Å²) in [6, 6.07) is 1.96. The highest BCUT2D eigenvalue weighted by Gasteiger charge is 2.37. The van der Waals surface area contributed by atoms with Gasteiger partial charge in [0.25, 0.3) is 0 Å². The quantitative estimate of drug-likeness (QED) is 0.474. The van der Waals surface area contributed by atoms with Crippen molar-refractivity contribution in [2.24, 2.45) is 0 Å². The highest BCUT2D eigenvalue weighted by Crippen LogP contribution is 2.33. The standard InChI is InChI=1S/C15H20N4O5/c1-9-5-12(15(20)23-2)13(19(21)22)14(16-9)18-6-11(7-18)17-10-3-4-24-8-10/h5,10-11,17H,3-4,6-8H2,1-2H3. The van der Waals surface area contributed by atoms with E-state index in [-0.39, 0.29) is 23.1 Å². The highest BCUT2D eigenvalue weighted by atomic mass is 16.6. The summed E-state index contributed by atoms with van der Waals surface area (Å²) < 4.78 is 9.99. The van der Waals surface area contributed by atoms with Gasteiger partial charge in [0.1, 0.15) is 5.56 Å². The van der Waals surface area contributed by atoms with Crippen LogP contribution in [-0.2, 0) is 9.47 Å². The van der Waals surface area contributed by atoms with E-state index in [4.69, 9.17) is 4.74 Å². The minimum atomic E-state index is -0.730. The largest absolute Gasteiger partial charge is 0.465 e. The van der Waals surface area contributed by atoms with Crippen molar-refractivity contribution in [1.82, 2.24) is 10.3 Å². The van der Waals surface area contributed by atoms with Crippen LogP contribution in [0.25, 0.3) is 0 Å². The van der Waals surface area contributed by atoms with Gasteiger partial charge < -0.3 is 19.7 Å². The maximum atomic E-state index is 11.9. The van der Waals surface area contributed by atoms with Crippen LogP contribution in [0.1, 0.15) is 22.5 Å². The van der Waals surface area contributed by atoms with E-state index in [9.17, 15) is 14.9 Å². The second kappa shape index (κ2) is 6.70. The molecule has 0 spiro atoms. The summed E-state index contributed by atoms with van der Waals surface area (Å²) in [5.41, 5.74) is 0.178. The smallest absolute Gasteiger partial charge is 0.345 e. The lowest BCUT2D eigenvalue weighted by Crippen LogP contribution is -2.60. The zero-order valence-electron chi connectivity index (χ0n) is 13.7. The number of esters is 1. The van der Waals surface area contributed by atoms with Crippen LogP contribution < -0.4 is 10.2 Å². The molecule has 0 aromatic carbocycles. The molecule has 0 amide bonds. The van der Waals surface area contributed by atoms with Crippen molar-refractivity contribution in [2.45, 2.75) is 25.4 Å². The summed E-state index contributed by atoms with van der Waals surface area (Å²) in [5, 5.41) is 14.9. The van der Waals surface area contributed by atoms with Gasteiger partial charge in [-0.1, -0.05) is 0 Å².